The maximum atomic E-state index is 12.2. The van der Waals surface area contributed by atoms with Gasteiger partial charge in [-0.1, -0.05) is 0 Å². The zero-order chi connectivity index (χ0) is 16.9. The van der Waals surface area contributed by atoms with Gasteiger partial charge in [0.2, 0.25) is 5.91 Å². The molecule has 1 N–H and O–H groups in total. The summed E-state index contributed by atoms with van der Waals surface area (Å²) < 4.78 is 1.56. The second kappa shape index (κ2) is 10.7. The second-order valence-corrected chi connectivity index (χ2v) is 6.38. The number of rotatable bonds is 4. The summed E-state index contributed by atoms with van der Waals surface area (Å²) in [7, 11) is 1.74. The average molecular weight is 407 g/mol. The lowest BCUT2D eigenvalue weighted by atomic mass is 10.2. The van der Waals surface area contributed by atoms with Crippen LogP contribution < -0.4 is 15.8 Å². The summed E-state index contributed by atoms with van der Waals surface area (Å²) >= 11 is 0. The minimum absolute atomic E-state index is 0. The van der Waals surface area contributed by atoms with Gasteiger partial charge in [0.05, 0.1) is 0 Å². The van der Waals surface area contributed by atoms with Crippen LogP contribution in [0.15, 0.2) is 17.2 Å². The zero-order valence-corrected chi connectivity index (χ0v) is 16.7. The Labute approximate surface area is 166 Å². The third-order valence-electron chi connectivity index (χ3n) is 4.78. The Morgan fingerprint density at radius 1 is 1.12 bits per heavy atom. The molecule has 10 heteroatoms. The van der Waals surface area contributed by atoms with Crippen LogP contribution in [-0.4, -0.2) is 84.2 Å². The van der Waals surface area contributed by atoms with Gasteiger partial charge in [-0.15, -0.1) is 24.8 Å². The van der Waals surface area contributed by atoms with Crippen molar-refractivity contribution in [3.63, 3.8) is 0 Å². The predicted molar refractivity (Wildman–Crippen MR) is 107 cm³/mol. The highest BCUT2D eigenvalue weighted by Gasteiger charge is 2.22. The van der Waals surface area contributed by atoms with Crippen LogP contribution in [0.4, 0.5) is 5.82 Å². The van der Waals surface area contributed by atoms with E-state index in [0.717, 1.165) is 58.9 Å². The highest BCUT2D eigenvalue weighted by Crippen LogP contribution is 2.09. The number of nitrogens with zero attached hydrogens (tertiary/aromatic N) is 5. The first-order chi connectivity index (χ1) is 11.6. The van der Waals surface area contributed by atoms with Gasteiger partial charge in [0.25, 0.3) is 5.56 Å². The number of halogens is 2. The summed E-state index contributed by atoms with van der Waals surface area (Å²) in [4.78, 5) is 34.9. The van der Waals surface area contributed by atoms with Crippen molar-refractivity contribution in [3.8, 4) is 0 Å². The number of aromatic nitrogens is 2. The van der Waals surface area contributed by atoms with Crippen molar-refractivity contribution in [2.45, 2.75) is 6.42 Å². The number of amides is 1. The number of carbonyl (C=O) groups excluding carboxylic acids is 1. The molecule has 26 heavy (non-hydrogen) atoms. The number of hydrogen-bond donors (Lipinski definition) is 1. The summed E-state index contributed by atoms with van der Waals surface area (Å²) in [5.74, 6) is 0.772. The molecule has 2 aliphatic heterocycles. The number of nitrogens with one attached hydrogen (secondary N) is 1. The molecule has 0 unspecified atom stereocenters. The van der Waals surface area contributed by atoms with E-state index in [2.05, 4.69) is 15.2 Å². The van der Waals surface area contributed by atoms with Gasteiger partial charge in [0.15, 0.2) is 5.82 Å². The molecule has 3 rings (SSSR count). The first-order valence-electron chi connectivity index (χ1n) is 8.62. The third kappa shape index (κ3) is 5.57. The molecule has 1 aromatic rings. The fraction of sp³-hybridized carbons (Fsp3) is 0.688. The lowest BCUT2D eigenvalue weighted by Crippen LogP contribution is -2.50. The molecule has 0 aromatic carbocycles. The molecule has 2 fully saturated rings. The van der Waals surface area contributed by atoms with E-state index >= 15 is 0 Å². The van der Waals surface area contributed by atoms with E-state index in [1.54, 1.807) is 24.0 Å². The van der Waals surface area contributed by atoms with Gasteiger partial charge in [-0.25, -0.2) is 4.98 Å². The molecule has 0 atom stereocenters. The van der Waals surface area contributed by atoms with Gasteiger partial charge in [-0.3, -0.25) is 14.5 Å². The quantitative estimate of drug-likeness (QED) is 0.730. The van der Waals surface area contributed by atoms with E-state index in [4.69, 9.17) is 0 Å². The highest BCUT2D eigenvalue weighted by molar-refractivity contribution is 5.85. The molecular formula is C16H28Cl2N6O2. The van der Waals surface area contributed by atoms with Gasteiger partial charge in [-0.2, -0.15) is 0 Å². The maximum Gasteiger partial charge on any atom is 0.293 e. The van der Waals surface area contributed by atoms with Crippen molar-refractivity contribution in [2.75, 3.05) is 63.8 Å². The molecule has 1 amide bonds. The van der Waals surface area contributed by atoms with Crippen molar-refractivity contribution >= 4 is 36.5 Å². The van der Waals surface area contributed by atoms with Crippen LogP contribution >= 0.6 is 24.8 Å². The van der Waals surface area contributed by atoms with Crippen LogP contribution in [0.5, 0.6) is 0 Å². The highest BCUT2D eigenvalue weighted by atomic mass is 35.5. The predicted octanol–water partition coefficient (Wildman–Crippen LogP) is -0.432. The molecule has 148 valence electrons. The zero-order valence-electron chi connectivity index (χ0n) is 15.1. The molecule has 1 aromatic heterocycles. The van der Waals surface area contributed by atoms with Crippen LogP contribution in [0.25, 0.3) is 0 Å². The summed E-state index contributed by atoms with van der Waals surface area (Å²) in [5, 5.41) is 3.26. The van der Waals surface area contributed by atoms with Crippen LogP contribution in [-0.2, 0) is 11.8 Å². The summed E-state index contributed by atoms with van der Waals surface area (Å²) in [5.41, 5.74) is -0.0557. The van der Waals surface area contributed by atoms with E-state index in [1.807, 2.05) is 9.80 Å². The van der Waals surface area contributed by atoms with E-state index < -0.39 is 0 Å². The SMILES string of the molecule is Cl.Cl.Cn1ccnc(N2CCN(CCC(=O)N3CCNCC3)CC2)c1=O. The van der Waals surface area contributed by atoms with Gasteiger partial charge in [0.1, 0.15) is 0 Å². The van der Waals surface area contributed by atoms with Crippen molar-refractivity contribution in [3.05, 3.63) is 22.7 Å². The molecule has 3 heterocycles. The average Bonchev–Trinajstić information content (AvgIpc) is 2.63. The smallest absolute Gasteiger partial charge is 0.293 e. The fourth-order valence-corrected chi connectivity index (χ4v) is 3.21. The van der Waals surface area contributed by atoms with E-state index in [9.17, 15) is 9.59 Å². The van der Waals surface area contributed by atoms with Gasteiger partial charge < -0.3 is 19.7 Å². The van der Waals surface area contributed by atoms with Crippen molar-refractivity contribution in [1.29, 1.82) is 0 Å². The summed E-state index contributed by atoms with van der Waals surface area (Å²) in [6.45, 7) is 7.46. The molecule has 0 aliphatic carbocycles. The van der Waals surface area contributed by atoms with Crippen molar-refractivity contribution < 1.29 is 4.79 Å². The van der Waals surface area contributed by atoms with Gasteiger partial charge in [-0.05, 0) is 0 Å². The number of hydrogen-bond acceptors (Lipinski definition) is 6. The number of carbonyl (C=O) groups is 1. The van der Waals surface area contributed by atoms with E-state index in [1.165, 1.54) is 0 Å². The standard InChI is InChI=1S/C16H26N6O2.2ClH/c1-19-7-5-18-15(16(19)24)22-12-10-20(11-13-22)6-2-14(23)21-8-3-17-4-9-21;;/h5,7,17H,2-4,6,8-13H2,1H3;2*1H. The second-order valence-electron chi connectivity index (χ2n) is 6.38. The van der Waals surface area contributed by atoms with Crippen LogP contribution in [0, 0.1) is 0 Å². The minimum Gasteiger partial charge on any atom is -0.349 e. The van der Waals surface area contributed by atoms with Gasteiger partial charge >= 0.3 is 0 Å². The number of piperazine rings is 2. The Morgan fingerprint density at radius 2 is 1.77 bits per heavy atom. The molecule has 2 aliphatic rings. The summed E-state index contributed by atoms with van der Waals surface area (Å²) in [6.07, 6.45) is 3.91. The molecular weight excluding hydrogens is 379 g/mol. The number of anilines is 1. The topological polar surface area (TPSA) is 73.7 Å². The molecule has 0 bridgehead atoms. The lowest BCUT2D eigenvalue weighted by molar-refractivity contribution is -0.132. The largest absolute Gasteiger partial charge is 0.349 e. The molecule has 0 saturated carbocycles. The Bertz CT molecular complexity index is 627. The van der Waals surface area contributed by atoms with Crippen LogP contribution in [0.3, 0.4) is 0 Å². The Morgan fingerprint density at radius 3 is 2.42 bits per heavy atom. The Kier molecular flexibility index (Phi) is 9.35. The molecule has 2 saturated heterocycles. The van der Waals surface area contributed by atoms with E-state index in [0.29, 0.717) is 12.2 Å². The maximum absolute atomic E-state index is 12.2. The van der Waals surface area contributed by atoms with Crippen LogP contribution in [0.2, 0.25) is 0 Å². The minimum atomic E-state index is -0.0557. The first kappa shape index (κ1) is 22.7. The van der Waals surface area contributed by atoms with Crippen molar-refractivity contribution in [2.24, 2.45) is 7.05 Å². The molecule has 0 radical (unpaired) electrons. The number of aryl methyl sites for hydroxylation is 1. The first-order valence-corrected chi connectivity index (χ1v) is 8.62. The molecule has 0 spiro atoms. The Hall–Kier alpha value is -1.35. The fourth-order valence-electron chi connectivity index (χ4n) is 3.21. The normalized spacial score (nSPS) is 18.0. The molecule has 8 nitrogen and oxygen atoms in total. The van der Waals surface area contributed by atoms with Crippen LogP contribution in [0.1, 0.15) is 6.42 Å². The lowest BCUT2D eigenvalue weighted by Gasteiger charge is -2.35. The summed E-state index contributed by atoms with van der Waals surface area (Å²) in [6, 6.07) is 0. The Balaban J connectivity index is 0.00000169. The van der Waals surface area contributed by atoms with Gasteiger partial charge in [0, 0.05) is 84.8 Å². The monoisotopic (exact) mass is 406 g/mol. The third-order valence-corrected chi connectivity index (χ3v) is 4.78. The van der Waals surface area contributed by atoms with E-state index in [-0.39, 0.29) is 36.3 Å². The van der Waals surface area contributed by atoms with Crippen molar-refractivity contribution in [1.82, 2.24) is 24.7 Å².